The van der Waals surface area contributed by atoms with Crippen molar-refractivity contribution in [1.82, 2.24) is 4.90 Å². The molecular weight excluding hydrogens is 344 g/mol. The fourth-order valence-corrected chi connectivity index (χ4v) is 3.04. The van der Waals surface area contributed by atoms with Crippen molar-refractivity contribution in [2.24, 2.45) is 0 Å². The van der Waals surface area contributed by atoms with Crippen molar-refractivity contribution >= 4 is 23.5 Å². The Morgan fingerprint density at radius 2 is 1.89 bits per heavy atom. The summed E-state index contributed by atoms with van der Waals surface area (Å²) in [4.78, 5) is 38.0. The summed E-state index contributed by atoms with van der Waals surface area (Å²) in [6.07, 6.45) is 1.48. The molecule has 0 spiro atoms. The lowest BCUT2D eigenvalue weighted by Crippen LogP contribution is -2.24. The van der Waals surface area contributed by atoms with Crippen LogP contribution in [0.2, 0.25) is 0 Å². The molecule has 0 saturated carbocycles. The zero-order valence-corrected chi connectivity index (χ0v) is 15.2. The maximum Gasteiger partial charge on any atom is 0.338 e. The molecule has 1 N–H and O–H groups in total. The van der Waals surface area contributed by atoms with E-state index in [1.165, 1.54) is 0 Å². The van der Waals surface area contributed by atoms with E-state index in [1.54, 1.807) is 54.3 Å². The molecule has 2 amide bonds. The topological polar surface area (TPSA) is 75.7 Å². The average Bonchev–Trinajstić information content (AvgIpc) is 3.07. The third-order valence-electron chi connectivity index (χ3n) is 4.37. The largest absolute Gasteiger partial charge is 0.462 e. The van der Waals surface area contributed by atoms with Crippen LogP contribution in [-0.2, 0) is 16.1 Å². The Labute approximate surface area is 158 Å². The highest BCUT2D eigenvalue weighted by atomic mass is 16.5. The van der Waals surface area contributed by atoms with Crippen molar-refractivity contribution in [3.8, 4) is 0 Å². The van der Waals surface area contributed by atoms with Crippen molar-refractivity contribution in [3.05, 3.63) is 65.2 Å². The molecule has 6 heteroatoms. The average molecular weight is 366 g/mol. The molecule has 1 heterocycles. The van der Waals surface area contributed by atoms with Crippen LogP contribution in [0.15, 0.2) is 48.5 Å². The number of rotatable bonds is 6. The number of hydrogen-bond acceptors (Lipinski definition) is 4. The van der Waals surface area contributed by atoms with Crippen LogP contribution in [0.1, 0.15) is 46.0 Å². The molecule has 6 nitrogen and oxygen atoms in total. The quantitative estimate of drug-likeness (QED) is 0.797. The summed E-state index contributed by atoms with van der Waals surface area (Å²) in [7, 11) is 0. The van der Waals surface area contributed by atoms with Gasteiger partial charge in [-0.25, -0.2) is 4.79 Å². The molecule has 0 unspecified atom stereocenters. The van der Waals surface area contributed by atoms with Crippen molar-refractivity contribution in [2.75, 3.05) is 18.5 Å². The normalized spacial score (nSPS) is 13.5. The second-order valence-corrected chi connectivity index (χ2v) is 6.37. The first-order chi connectivity index (χ1) is 13.1. The van der Waals surface area contributed by atoms with Crippen LogP contribution in [0, 0.1) is 0 Å². The first-order valence-corrected chi connectivity index (χ1v) is 9.02. The summed E-state index contributed by atoms with van der Waals surface area (Å²) in [5, 5.41) is 2.80. The fraction of sp³-hybridized carbons (Fsp3) is 0.286. The third kappa shape index (κ3) is 4.73. The van der Waals surface area contributed by atoms with E-state index in [4.69, 9.17) is 4.74 Å². The van der Waals surface area contributed by atoms with E-state index in [2.05, 4.69) is 5.32 Å². The van der Waals surface area contributed by atoms with Gasteiger partial charge in [0.1, 0.15) is 0 Å². The maximum atomic E-state index is 12.6. The van der Waals surface area contributed by atoms with E-state index < -0.39 is 5.97 Å². The van der Waals surface area contributed by atoms with E-state index in [-0.39, 0.29) is 11.8 Å². The Kier molecular flexibility index (Phi) is 5.86. The number of hydrogen-bond donors (Lipinski definition) is 1. The molecule has 2 aromatic rings. The van der Waals surface area contributed by atoms with Gasteiger partial charge in [-0.3, -0.25) is 9.59 Å². The van der Waals surface area contributed by atoms with Gasteiger partial charge in [0.05, 0.1) is 12.2 Å². The van der Waals surface area contributed by atoms with Crippen molar-refractivity contribution in [2.45, 2.75) is 26.3 Å². The first kappa shape index (κ1) is 18.6. The van der Waals surface area contributed by atoms with E-state index in [1.807, 2.05) is 6.07 Å². The van der Waals surface area contributed by atoms with Crippen LogP contribution >= 0.6 is 0 Å². The van der Waals surface area contributed by atoms with Crippen LogP contribution in [0.3, 0.4) is 0 Å². The van der Waals surface area contributed by atoms with Crippen molar-refractivity contribution in [1.29, 1.82) is 0 Å². The lowest BCUT2D eigenvalue weighted by atomic mass is 10.1. The number of ether oxygens (including phenoxy) is 1. The summed E-state index contributed by atoms with van der Waals surface area (Å²) >= 11 is 0. The predicted octanol–water partition coefficient (Wildman–Crippen LogP) is 3.24. The Morgan fingerprint density at radius 1 is 1.11 bits per heavy atom. The predicted molar refractivity (Wildman–Crippen MR) is 101 cm³/mol. The number of carbonyl (C=O) groups excluding carboxylic acids is 3. The minimum Gasteiger partial charge on any atom is -0.462 e. The Morgan fingerprint density at radius 3 is 2.63 bits per heavy atom. The molecular formula is C21H22N2O4. The Balaban J connectivity index is 1.69. The zero-order valence-electron chi connectivity index (χ0n) is 15.2. The van der Waals surface area contributed by atoms with Gasteiger partial charge in [-0.1, -0.05) is 18.2 Å². The van der Waals surface area contributed by atoms with Crippen molar-refractivity contribution < 1.29 is 19.1 Å². The van der Waals surface area contributed by atoms with Crippen LogP contribution < -0.4 is 5.32 Å². The highest BCUT2D eigenvalue weighted by Gasteiger charge is 2.20. The molecule has 0 aliphatic carbocycles. The van der Waals surface area contributed by atoms with E-state index in [0.717, 1.165) is 18.5 Å². The molecule has 1 saturated heterocycles. The Bertz CT molecular complexity index is 863. The van der Waals surface area contributed by atoms with Crippen LogP contribution in [0.25, 0.3) is 0 Å². The molecule has 3 rings (SSSR count). The van der Waals surface area contributed by atoms with Gasteiger partial charge >= 0.3 is 5.97 Å². The van der Waals surface area contributed by atoms with Gasteiger partial charge in [0, 0.05) is 30.8 Å². The van der Waals surface area contributed by atoms with Gasteiger partial charge in [0.2, 0.25) is 5.91 Å². The lowest BCUT2D eigenvalue weighted by Gasteiger charge is -2.16. The van der Waals surface area contributed by atoms with E-state index in [0.29, 0.717) is 36.4 Å². The number of nitrogens with one attached hydrogen (secondary N) is 1. The number of likely N-dealkylation sites (tertiary alicyclic amines) is 1. The van der Waals surface area contributed by atoms with Gasteiger partial charge in [0.15, 0.2) is 0 Å². The van der Waals surface area contributed by atoms with E-state index in [9.17, 15) is 14.4 Å². The number of carbonyl (C=O) groups is 3. The second kappa shape index (κ2) is 8.49. The second-order valence-electron chi connectivity index (χ2n) is 6.37. The number of benzene rings is 2. The van der Waals surface area contributed by atoms with E-state index >= 15 is 0 Å². The minimum absolute atomic E-state index is 0.153. The van der Waals surface area contributed by atoms with Gasteiger partial charge in [-0.05, 0) is 49.2 Å². The van der Waals surface area contributed by atoms with Crippen LogP contribution in [0.5, 0.6) is 0 Å². The zero-order chi connectivity index (χ0) is 19.2. The van der Waals surface area contributed by atoms with Gasteiger partial charge in [-0.2, -0.15) is 0 Å². The molecule has 1 aliphatic heterocycles. The number of esters is 1. The van der Waals surface area contributed by atoms with Crippen LogP contribution in [0.4, 0.5) is 5.69 Å². The molecule has 27 heavy (non-hydrogen) atoms. The number of nitrogens with zero attached hydrogens (tertiary/aromatic N) is 1. The number of amides is 2. The number of anilines is 1. The van der Waals surface area contributed by atoms with Gasteiger partial charge < -0.3 is 15.0 Å². The summed E-state index contributed by atoms with van der Waals surface area (Å²) in [6, 6.07) is 13.9. The summed E-state index contributed by atoms with van der Waals surface area (Å²) in [5.74, 6) is -0.544. The summed E-state index contributed by atoms with van der Waals surface area (Å²) < 4.78 is 4.98. The molecule has 1 aliphatic rings. The monoisotopic (exact) mass is 366 g/mol. The molecule has 0 bridgehead atoms. The smallest absolute Gasteiger partial charge is 0.338 e. The highest BCUT2D eigenvalue weighted by molar-refractivity contribution is 6.05. The van der Waals surface area contributed by atoms with Crippen molar-refractivity contribution in [3.63, 3.8) is 0 Å². The molecule has 0 radical (unpaired) electrons. The van der Waals surface area contributed by atoms with Gasteiger partial charge in [-0.15, -0.1) is 0 Å². The SMILES string of the molecule is CCOC(=O)c1cccc(NC(=O)c2cccc(CN3CCCC3=O)c2)c1. The molecule has 2 aromatic carbocycles. The maximum absolute atomic E-state index is 12.6. The molecule has 0 atom stereocenters. The Hall–Kier alpha value is -3.15. The third-order valence-corrected chi connectivity index (χ3v) is 4.37. The summed E-state index contributed by atoms with van der Waals surface area (Å²) in [5.41, 5.74) is 2.32. The van der Waals surface area contributed by atoms with Crippen LogP contribution in [-0.4, -0.2) is 35.8 Å². The van der Waals surface area contributed by atoms with Gasteiger partial charge in [0.25, 0.3) is 5.91 Å². The summed E-state index contributed by atoms with van der Waals surface area (Å²) in [6.45, 7) is 3.31. The highest BCUT2D eigenvalue weighted by Crippen LogP contribution is 2.17. The fourth-order valence-electron chi connectivity index (χ4n) is 3.04. The standard InChI is InChI=1S/C21H22N2O4/c1-2-27-21(26)17-8-4-9-18(13-17)22-20(25)16-7-3-6-15(12-16)14-23-11-5-10-19(23)24/h3-4,6-9,12-13H,2,5,10-11,14H2,1H3,(H,22,25). The molecule has 0 aromatic heterocycles. The first-order valence-electron chi connectivity index (χ1n) is 9.02. The lowest BCUT2D eigenvalue weighted by molar-refractivity contribution is -0.128. The molecule has 1 fully saturated rings. The molecule has 140 valence electrons. The minimum atomic E-state index is -0.425.